The number of anilines is 1. The smallest absolute Gasteiger partial charge is 0.129 e. The Morgan fingerprint density at radius 2 is 1.84 bits per heavy atom. The molecule has 4 aromatic rings. The number of nitrogens with zero attached hydrogens (tertiary/aromatic N) is 4. The zero-order chi connectivity index (χ0) is 21.8. The number of hydrogen-bond acceptors (Lipinski definition) is 6. The molecule has 1 aliphatic rings. The van der Waals surface area contributed by atoms with Crippen LogP contribution in [0.2, 0.25) is 0 Å². The van der Waals surface area contributed by atoms with Crippen molar-refractivity contribution in [3.8, 4) is 17.0 Å². The minimum Gasteiger partial charge on any atom is -0.497 e. The molecular formula is C26H26N4O2. The number of benzene rings is 2. The SMILES string of the molecule is COc1ccc2cc(-c3ccnc(CCc4ccccn4)n3)cc(N3CCOCC3)c2c1. The van der Waals surface area contributed by atoms with E-state index in [-0.39, 0.29) is 0 Å². The quantitative estimate of drug-likeness (QED) is 0.458. The van der Waals surface area contributed by atoms with Crippen LogP contribution < -0.4 is 9.64 Å². The molecule has 0 atom stereocenters. The van der Waals surface area contributed by atoms with E-state index in [2.05, 4.69) is 39.1 Å². The molecule has 0 aliphatic carbocycles. The van der Waals surface area contributed by atoms with E-state index in [1.54, 1.807) is 7.11 Å². The van der Waals surface area contributed by atoms with Crippen LogP contribution in [0.15, 0.2) is 67.0 Å². The van der Waals surface area contributed by atoms with Gasteiger partial charge in [0.05, 0.1) is 26.0 Å². The van der Waals surface area contributed by atoms with Gasteiger partial charge < -0.3 is 14.4 Å². The Morgan fingerprint density at radius 1 is 0.938 bits per heavy atom. The number of methoxy groups -OCH3 is 1. The third-order valence-corrected chi connectivity index (χ3v) is 5.82. The monoisotopic (exact) mass is 426 g/mol. The zero-order valence-electron chi connectivity index (χ0n) is 18.2. The van der Waals surface area contributed by atoms with Gasteiger partial charge in [-0.05, 0) is 54.3 Å². The van der Waals surface area contributed by atoms with Gasteiger partial charge in [0.25, 0.3) is 0 Å². The number of ether oxygens (including phenoxy) is 2. The minimum atomic E-state index is 0.737. The highest BCUT2D eigenvalue weighted by molar-refractivity contribution is 5.98. The first-order valence-electron chi connectivity index (χ1n) is 11.0. The van der Waals surface area contributed by atoms with Gasteiger partial charge in [0.15, 0.2) is 0 Å². The lowest BCUT2D eigenvalue weighted by atomic mass is 10.0. The molecule has 1 saturated heterocycles. The fourth-order valence-electron chi connectivity index (χ4n) is 4.12. The van der Waals surface area contributed by atoms with E-state index in [1.165, 1.54) is 16.5 Å². The molecular weight excluding hydrogens is 400 g/mol. The van der Waals surface area contributed by atoms with Crippen molar-refractivity contribution in [3.63, 3.8) is 0 Å². The zero-order valence-corrected chi connectivity index (χ0v) is 18.2. The summed E-state index contributed by atoms with van der Waals surface area (Å²) in [6.45, 7) is 3.21. The van der Waals surface area contributed by atoms with E-state index < -0.39 is 0 Å². The number of rotatable bonds is 6. The molecule has 0 amide bonds. The first kappa shape index (κ1) is 20.4. The topological polar surface area (TPSA) is 60.4 Å². The van der Waals surface area contributed by atoms with Crippen LogP contribution in [0, 0.1) is 0 Å². The van der Waals surface area contributed by atoms with Crippen LogP contribution in [0.5, 0.6) is 5.75 Å². The van der Waals surface area contributed by atoms with E-state index in [9.17, 15) is 0 Å². The summed E-state index contributed by atoms with van der Waals surface area (Å²) in [7, 11) is 1.71. The third-order valence-electron chi connectivity index (χ3n) is 5.82. The number of aryl methyl sites for hydroxylation is 2. The van der Waals surface area contributed by atoms with Crippen molar-refractivity contribution in [1.29, 1.82) is 0 Å². The van der Waals surface area contributed by atoms with Crippen molar-refractivity contribution in [3.05, 3.63) is 78.5 Å². The highest BCUT2D eigenvalue weighted by Crippen LogP contribution is 2.35. The predicted molar refractivity (Wildman–Crippen MR) is 126 cm³/mol. The van der Waals surface area contributed by atoms with Crippen molar-refractivity contribution in [2.24, 2.45) is 0 Å². The maximum atomic E-state index is 5.58. The van der Waals surface area contributed by atoms with Crippen LogP contribution >= 0.6 is 0 Å². The molecule has 5 rings (SSSR count). The van der Waals surface area contributed by atoms with Crippen LogP contribution in [-0.4, -0.2) is 48.4 Å². The summed E-state index contributed by atoms with van der Waals surface area (Å²) in [6, 6.07) is 18.6. The molecule has 0 radical (unpaired) electrons. The Balaban J connectivity index is 1.51. The third kappa shape index (κ3) is 4.41. The van der Waals surface area contributed by atoms with Gasteiger partial charge in [-0.1, -0.05) is 12.1 Å². The summed E-state index contributed by atoms with van der Waals surface area (Å²) in [5.41, 5.74) is 4.26. The Kier molecular flexibility index (Phi) is 5.94. The Hall–Kier alpha value is -3.51. The summed E-state index contributed by atoms with van der Waals surface area (Å²) in [4.78, 5) is 16.2. The molecule has 2 aromatic heterocycles. The van der Waals surface area contributed by atoms with E-state index >= 15 is 0 Å². The molecule has 1 aliphatic heterocycles. The van der Waals surface area contributed by atoms with Crippen LogP contribution in [-0.2, 0) is 17.6 Å². The summed E-state index contributed by atoms with van der Waals surface area (Å²) in [6.07, 6.45) is 5.25. The molecule has 3 heterocycles. The molecule has 0 saturated carbocycles. The van der Waals surface area contributed by atoms with Gasteiger partial charge in [-0.2, -0.15) is 0 Å². The summed E-state index contributed by atoms with van der Waals surface area (Å²) < 4.78 is 11.1. The Morgan fingerprint density at radius 3 is 2.66 bits per heavy atom. The molecule has 0 unspecified atom stereocenters. The maximum absolute atomic E-state index is 5.58. The lowest BCUT2D eigenvalue weighted by Crippen LogP contribution is -2.36. The molecule has 0 spiro atoms. The van der Waals surface area contributed by atoms with Crippen LogP contribution in [0.4, 0.5) is 5.69 Å². The number of aromatic nitrogens is 3. The first-order chi connectivity index (χ1) is 15.8. The van der Waals surface area contributed by atoms with Crippen LogP contribution in [0.25, 0.3) is 22.0 Å². The highest BCUT2D eigenvalue weighted by Gasteiger charge is 2.17. The maximum Gasteiger partial charge on any atom is 0.129 e. The van der Waals surface area contributed by atoms with Crippen molar-refractivity contribution in [1.82, 2.24) is 15.0 Å². The molecule has 0 bridgehead atoms. The van der Waals surface area contributed by atoms with E-state index in [4.69, 9.17) is 14.5 Å². The molecule has 32 heavy (non-hydrogen) atoms. The van der Waals surface area contributed by atoms with Crippen molar-refractivity contribution >= 4 is 16.5 Å². The van der Waals surface area contributed by atoms with Gasteiger partial charge in [0.2, 0.25) is 0 Å². The van der Waals surface area contributed by atoms with E-state index in [1.807, 2.05) is 42.7 Å². The molecule has 1 fully saturated rings. The van der Waals surface area contributed by atoms with E-state index in [0.29, 0.717) is 0 Å². The van der Waals surface area contributed by atoms with E-state index in [0.717, 1.165) is 67.7 Å². The van der Waals surface area contributed by atoms with Gasteiger partial charge >= 0.3 is 0 Å². The average Bonchev–Trinajstić information content (AvgIpc) is 2.88. The van der Waals surface area contributed by atoms with Gasteiger partial charge in [0.1, 0.15) is 11.6 Å². The number of pyridine rings is 1. The summed E-state index contributed by atoms with van der Waals surface area (Å²) in [5.74, 6) is 1.69. The Bertz CT molecular complexity index is 1210. The number of fused-ring (bicyclic) bond motifs is 1. The number of hydrogen-bond donors (Lipinski definition) is 0. The molecule has 2 aromatic carbocycles. The standard InChI is InChI=1S/C26H26N4O2/c1-31-22-7-5-19-16-20(17-25(23(19)18-22)30-12-14-32-15-13-30)24-9-11-28-26(29-24)8-6-21-4-2-3-10-27-21/h2-5,7,9-11,16-18H,6,8,12-15H2,1H3. The van der Waals surface area contributed by atoms with Crippen molar-refractivity contribution in [2.45, 2.75) is 12.8 Å². The second-order valence-corrected chi connectivity index (χ2v) is 7.86. The van der Waals surface area contributed by atoms with Gasteiger partial charge in [0, 0.05) is 54.2 Å². The molecule has 0 N–H and O–H groups in total. The second-order valence-electron chi connectivity index (χ2n) is 7.86. The Labute approximate surface area is 187 Å². The van der Waals surface area contributed by atoms with Crippen LogP contribution in [0.1, 0.15) is 11.5 Å². The summed E-state index contributed by atoms with van der Waals surface area (Å²) in [5, 5.41) is 2.35. The average molecular weight is 427 g/mol. The highest BCUT2D eigenvalue weighted by atomic mass is 16.5. The van der Waals surface area contributed by atoms with Crippen molar-refractivity contribution in [2.75, 3.05) is 38.3 Å². The fraction of sp³-hybridized carbons (Fsp3) is 0.269. The lowest BCUT2D eigenvalue weighted by molar-refractivity contribution is 0.123. The van der Waals surface area contributed by atoms with Crippen molar-refractivity contribution < 1.29 is 9.47 Å². The second kappa shape index (κ2) is 9.32. The molecule has 6 heteroatoms. The van der Waals surface area contributed by atoms with Gasteiger partial charge in [-0.3, -0.25) is 4.98 Å². The number of morpholine rings is 1. The summed E-state index contributed by atoms with van der Waals surface area (Å²) >= 11 is 0. The first-order valence-corrected chi connectivity index (χ1v) is 11.0. The molecule has 6 nitrogen and oxygen atoms in total. The van der Waals surface area contributed by atoms with Crippen LogP contribution in [0.3, 0.4) is 0 Å². The minimum absolute atomic E-state index is 0.737. The van der Waals surface area contributed by atoms with Gasteiger partial charge in [-0.15, -0.1) is 0 Å². The largest absolute Gasteiger partial charge is 0.497 e. The lowest BCUT2D eigenvalue weighted by Gasteiger charge is -2.30. The predicted octanol–water partition coefficient (Wildman–Crippen LogP) is 4.32. The normalized spacial score (nSPS) is 14.0. The van der Waals surface area contributed by atoms with Gasteiger partial charge in [-0.25, -0.2) is 9.97 Å². The fourth-order valence-corrected chi connectivity index (χ4v) is 4.12. The molecule has 162 valence electrons.